The van der Waals surface area contributed by atoms with E-state index >= 15 is 0 Å². The molecule has 2 aromatic heterocycles. The number of carbonyl (C=O) groups excluding carboxylic acids is 1. The van der Waals surface area contributed by atoms with Crippen molar-refractivity contribution < 1.29 is 4.79 Å². The summed E-state index contributed by atoms with van der Waals surface area (Å²) in [6.45, 7) is 2.83. The molecule has 5 nitrogen and oxygen atoms in total. The van der Waals surface area contributed by atoms with Crippen LogP contribution in [0.25, 0.3) is 0 Å². The Morgan fingerprint density at radius 2 is 1.94 bits per heavy atom. The predicted octanol–water partition coefficient (Wildman–Crippen LogP) is 2.16. The molecular weight excluding hydrogens is 228 g/mol. The lowest BCUT2D eigenvalue weighted by atomic mass is 10.3. The van der Waals surface area contributed by atoms with Crippen molar-refractivity contribution in [2.75, 3.05) is 17.2 Å². The van der Waals surface area contributed by atoms with Crippen LogP contribution in [0.2, 0.25) is 0 Å². The molecule has 0 aromatic carbocycles. The summed E-state index contributed by atoms with van der Waals surface area (Å²) in [5, 5.41) is 5.87. The number of rotatable bonds is 4. The minimum Gasteiger partial charge on any atom is -0.384 e. The second-order valence-electron chi connectivity index (χ2n) is 3.65. The van der Waals surface area contributed by atoms with E-state index in [1.807, 2.05) is 13.0 Å². The molecule has 0 aliphatic rings. The third kappa shape index (κ3) is 3.04. The molecule has 0 aliphatic heterocycles. The molecular formula is C13H14N4O. The third-order valence-electron chi connectivity index (χ3n) is 2.32. The zero-order valence-electron chi connectivity index (χ0n) is 10.1. The van der Waals surface area contributed by atoms with Crippen LogP contribution < -0.4 is 10.6 Å². The molecule has 18 heavy (non-hydrogen) atoms. The first-order valence-corrected chi connectivity index (χ1v) is 5.71. The van der Waals surface area contributed by atoms with Gasteiger partial charge in [0.05, 0.1) is 11.9 Å². The van der Waals surface area contributed by atoms with Gasteiger partial charge < -0.3 is 10.6 Å². The maximum absolute atomic E-state index is 11.9. The summed E-state index contributed by atoms with van der Waals surface area (Å²) in [6, 6.07) is 6.97. The average molecular weight is 242 g/mol. The molecule has 0 saturated heterocycles. The van der Waals surface area contributed by atoms with E-state index in [2.05, 4.69) is 20.6 Å². The standard InChI is InChI=1S/C13H14N4O/c1-2-15-11-3-4-12(16-9-11)13(18)17-10-5-7-14-8-6-10/h3-9,15H,2H2,1H3,(H,14,17,18). The molecule has 2 rings (SSSR count). The Morgan fingerprint density at radius 3 is 2.56 bits per heavy atom. The van der Waals surface area contributed by atoms with Crippen LogP contribution in [-0.4, -0.2) is 22.4 Å². The van der Waals surface area contributed by atoms with Crippen molar-refractivity contribution in [3.63, 3.8) is 0 Å². The van der Waals surface area contributed by atoms with Gasteiger partial charge in [-0.3, -0.25) is 9.78 Å². The van der Waals surface area contributed by atoms with Crippen molar-refractivity contribution in [1.82, 2.24) is 9.97 Å². The molecule has 0 spiro atoms. The second-order valence-corrected chi connectivity index (χ2v) is 3.65. The van der Waals surface area contributed by atoms with Gasteiger partial charge in [-0.2, -0.15) is 0 Å². The van der Waals surface area contributed by atoms with Crippen molar-refractivity contribution in [3.05, 3.63) is 48.5 Å². The molecule has 5 heteroatoms. The van der Waals surface area contributed by atoms with Gasteiger partial charge in [0, 0.05) is 24.6 Å². The number of carbonyl (C=O) groups is 1. The van der Waals surface area contributed by atoms with Crippen LogP contribution in [0.15, 0.2) is 42.9 Å². The summed E-state index contributed by atoms with van der Waals surface area (Å²) in [5.74, 6) is -0.232. The molecule has 0 aliphatic carbocycles. The van der Waals surface area contributed by atoms with E-state index < -0.39 is 0 Å². The number of amides is 1. The summed E-state index contributed by atoms with van der Waals surface area (Å²) < 4.78 is 0. The van der Waals surface area contributed by atoms with Crippen LogP contribution >= 0.6 is 0 Å². The maximum atomic E-state index is 11.9. The van der Waals surface area contributed by atoms with Crippen molar-refractivity contribution in [2.45, 2.75) is 6.92 Å². The molecule has 0 unspecified atom stereocenters. The highest BCUT2D eigenvalue weighted by molar-refractivity contribution is 6.02. The van der Waals surface area contributed by atoms with E-state index in [0.717, 1.165) is 12.2 Å². The number of hydrogen-bond acceptors (Lipinski definition) is 4. The average Bonchev–Trinajstić information content (AvgIpc) is 2.41. The summed E-state index contributed by atoms with van der Waals surface area (Å²) in [5.41, 5.74) is 1.99. The zero-order chi connectivity index (χ0) is 12.8. The van der Waals surface area contributed by atoms with Crippen LogP contribution in [0.1, 0.15) is 17.4 Å². The lowest BCUT2D eigenvalue weighted by molar-refractivity contribution is 0.102. The van der Waals surface area contributed by atoms with Crippen molar-refractivity contribution in [1.29, 1.82) is 0 Å². The van der Waals surface area contributed by atoms with E-state index in [0.29, 0.717) is 11.4 Å². The van der Waals surface area contributed by atoms with Gasteiger partial charge in [-0.25, -0.2) is 4.98 Å². The molecule has 1 amide bonds. The molecule has 2 aromatic rings. The van der Waals surface area contributed by atoms with E-state index in [1.54, 1.807) is 36.8 Å². The Kier molecular flexibility index (Phi) is 3.86. The maximum Gasteiger partial charge on any atom is 0.274 e. The van der Waals surface area contributed by atoms with Gasteiger partial charge in [-0.05, 0) is 31.2 Å². The summed E-state index contributed by atoms with van der Waals surface area (Å²) in [7, 11) is 0. The predicted molar refractivity (Wildman–Crippen MR) is 70.6 cm³/mol. The lowest BCUT2D eigenvalue weighted by Crippen LogP contribution is -2.13. The fourth-order valence-corrected chi connectivity index (χ4v) is 1.47. The number of nitrogens with zero attached hydrogens (tertiary/aromatic N) is 2. The lowest BCUT2D eigenvalue weighted by Gasteiger charge is -2.05. The Hall–Kier alpha value is -2.43. The molecule has 0 saturated carbocycles. The fraction of sp³-hybridized carbons (Fsp3) is 0.154. The van der Waals surface area contributed by atoms with Crippen molar-refractivity contribution >= 4 is 17.3 Å². The third-order valence-corrected chi connectivity index (χ3v) is 2.32. The first kappa shape index (κ1) is 12.0. The van der Waals surface area contributed by atoms with Crippen LogP contribution in [-0.2, 0) is 0 Å². The topological polar surface area (TPSA) is 66.9 Å². The van der Waals surface area contributed by atoms with Crippen LogP contribution in [0, 0.1) is 0 Å². The monoisotopic (exact) mass is 242 g/mol. The van der Waals surface area contributed by atoms with Gasteiger partial charge in [0.25, 0.3) is 5.91 Å². The van der Waals surface area contributed by atoms with Gasteiger partial charge in [0.15, 0.2) is 0 Å². The van der Waals surface area contributed by atoms with E-state index in [9.17, 15) is 4.79 Å². The summed E-state index contributed by atoms with van der Waals surface area (Å²) in [4.78, 5) is 19.9. The van der Waals surface area contributed by atoms with Gasteiger partial charge in [-0.15, -0.1) is 0 Å². The van der Waals surface area contributed by atoms with E-state index in [4.69, 9.17) is 0 Å². The SMILES string of the molecule is CCNc1ccc(C(=O)Nc2ccncc2)nc1. The Labute approximate surface area is 105 Å². The highest BCUT2D eigenvalue weighted by Gasteiger charge is 2.07. The highest BCUT2D eigenvalue weighted by Crippen LogP contribution is 2.09. The minimum absolute atomic E-state index is 0.232. The normalized spacial score (nSPS) is 9.83. The molecule has 0 bridgehead atoms. The molecule has 92 valence electrons. The van der Waals surface area contributed by atoms with E-state index in [-0.39, 0.29) is 5.91 Å². The molecule has 0 radical (unpaired) electrons. The quantitative estimate of drug-likeness (QED) is 0.862. The minimum atomic E-state index is -0.232. The second kappa shape index (κ2) is 5.77. The van der Waals surface area contributed by atoms with Gasteiger partial charge in [-0.1, -0.05) is 0 Å². The number of anilines is 2. The largest absolute Gasteiger partial charge is 0.384 e. The molecule has 0 fully saturated rings. The summed E-state index contributed by atoms with van der Waals surface area (Å²) >= 11 is 0. The smallest absolute Gasteiger partial charge is 0.274 e. The number of hydrogen-bond donors (Lipinski definition) is 2. The Balaban J connectivity index is 2.05. The zero-order valence-corrected chi connectivity index (χ0v) is 10.1. The molecule has 2 N–H and O–H groups in total. The van der Waals surface area contributed by atoms with Crippen LogP contribution in [0.5, 0.6) is 0 Å². The molecule has 0 atom stereocenters. The van der Waals surface area contributed by atoms with Crippen molar-refractivity contribution in [2.24, 2.45) is 0 Å². The first-order valence-electron chi connectivity index (χ1n) is 5.71. The number of pyridine rings is 2. The first-order chi connectivity index (χ1) is 8.79. The molecule has 2 heterocycles. The van der Waals surface area contributed by atoms with Crippen LogP contribution in [0.3, 0.4) is 0 Å². The Bertz CT molecular complexity index is 510. The Morgan fingerprint density at radius 1 is 1.17 bits per heavy atom. The van der Waals surface area contributed by atoms with Crippen molar-refractivity contribution in [3.8, 4) is 0 Å². The number of nitrogens with one attached hydrogen (secondary N) is 2. The van der Waals surface area contributed by atoms with Crippen LogP contribution in [0.4, 0.5) is 11.4 Å². The van der Waals surface area contributed by atoms with Gasteiger partial charge in [0.2, 0.25) is 0 Å². The fourth-order valence-electron chi connectivity index (χ4n) is 1.47. The number of aromatic nitrogens is 2. The van der Waals surface area contributed by atoms with Gasteiger partial charge in [0.1, 0.15) is 5.69 Å². The summed E-state index contributed by atoms with van der Waals surface area (Å²) in [6.07, 6.45) is 4.89. The van der Waals surface area contributed by atoms with E-state index in [1.165, 1.54) is 0 Å². The highest BCUT2D eigenvalue weighted by atomic mass is 16.1. The van der Waals surface area contributed by atoms with Gasteiger partial charge >= 0.3 is 0 Å².